The average molecular weight is 360 g/mol. The predicted molar refractivity (Wildman–Crippen MR) is 97.9 cm³/mol. The van der Waals surface area contributed by atoms with Crippen molar-refractivity contribution in [1.29, 1.82) is 0 Å². The predicted octanol–water partition coefficient (Wildman–Crippen LogP) is 2.35. The zero-order valence-corrected chi connectivity index (χ0v) is 14.2. The van der Waals surface area contributed by atoms with Gasteiger partial charge in [0.1, 0.15) is 6.61 Å². The molecule has 2 rings (SSSR count). The van der Waals surface area contributed by atoms with Crippen molar-refractivity contribution in [3.63, 3.8) is 0 Å². The second kappa shape index (κ2) is 8.60. The number of nitrogens with one attached hydrogen (secondary N) is 1. The molecule has 8 nitrogen and oxygen atoms in total. The second-order valence-corrected chi connectivity index (χ2v) is 5.26. The molecule has 0 aliphatic heterocycles. The monoisotopic (exact) mass is 360 g/mol. The van der Waals surface area contributed by atoms with Gasteiger partial charge in [-0.2, -0.15) is 5.10 Å². The molecule has 0 bridgehead atoms. The van der Waals surface area contributed by atoms with Crippen molar-refractivity contribution in [3.05, 3.63) is 63.7 Å². The van der Waals surface area contributed by atoms with Gasteiger partial charge in [-0.3, -0.25) is 15.5 Å². The number of para-hydroxylation sites is 1. The molecule has 25 heavy (non-hydrogen) atoms. The Hall–Kier alpha value is -3.20. The zero-order chi connectivity index (χ0) is 18.2. The summed E-state index contributed by atoms with van der Waals surface area (Å²) in [5.41, 5.74) is 8.95. The zero-order valence-electron chi connectivity index (χ0n) is 13.3. The van der Waals surface area contributed by atoms with E-state index in [9.17, 15) is 10.1 Å². The molecule has 0 saturated carbocycles. The average Bonchev–Trinajstić information content (AvgIpc) is 2.60. The number of nitro groups is 1. The Morgan fingerprint density at radius 3 is 2.80 bits per heavy atom. The first-order valence-corrected chi connectivity index (χ1v) is 7.53. The molecule has 130 valence electrons. The van der Waals surface area contributed by atoms with Gasteiger partial charge in [0.25, 0.3) is 5.69 Å². The lowest BCUT2D eigenvalue weighted by Crippen LogP contribution is -2.23. The molecule has 0 unspecified atom stereocenters. The molecule has 2 aromatic rings. The Bertz CT molecular complexity index is 810. The number of hydrogen-bond donors (Lipinski definition) is 2. The number of nitrogens with two attached hydrogens (primary N) is 1. The maximum Gasteiger partial charge on any atom is 0.276 e. The second-order valence-electron chi connectivity index (χ2n) is 4.82. The van der Waals surface area contributed by atoms with E-state index in [0.717, 1.165) is 5.56 Å². The van der Waals surface area contributed by atoms with Crippen LogP contribution in [0, 0.1) is 10.1 Å². The van der Waals surface area contributed by atoms with E-state index < -0.39 is 4.92 Å². The molecule has 0 radical (unpaired) electrons. The third-order valence-electron chi connectivity index (χ3n) is 3.15. The van der Waals surface area contributed by atoms with Gasteiger partial charge < -0.3 is 15.2 Å². The van der Waals surface area contributed by atoms with Crippen molar-refractivity contribution in [3.8, 4) is 11.5 Å². The highest BCUT2D eigenvalue weighted by molar-refractivity contribution is 7.80. The van der Waals surface area contributed by atoms with Crippen molar-refractivity contribution in [2.24, 2.45) is 10.8 Å². The lowest BCUT2D eigenvalue weighted by Gasteiger charge is -2.11. The molecule has 2 aromatic carbocycles. The summed E-state index contributed by atoms with van der Waals surface area (Å²) in [4.78, 5) is 10.6. The number of nitro benzene ring substituents is 1. The number of methoxy groups -OCH3 is 1. The van der Waals surface area contributed by atoms with Crippen LogP contribution in [0.1, 0.15) is 11.1 Å². The number of nitrogens with zero attached hydrogens (tertiary/aromatic N) is 2. The minimum absolute atomic E-state index is 0.00838. The van der Waals surface area contributed by atoms with Gasteiger partial charge in [0.2, 0.25) is 0 Å². The third-order valence-corrected chi connectivity index (χ3v) is 3.24. The molecule has 0 heterocycles. The van der Waals surface area contributed by atoms with E-state index >= 15 is 0 Å². The maximum atomic E-state index is 11.0. The van der Waals surface area contributed by atoms with Crippen LogP contribution in [0.15, 0.2) is 47.6 Å². The van der Waals surface area contributed by atoms with Crippen LogP contribution in [-0.2, 0) is 6.61 Å². The largest absolute Gasteiger partial charge is 0.493 e. The summed E-state index contributed by atoms with van der Waals surface area (Å²) < 4.78 is 11.0. The van der Waals surface area contributed by atoms with E-state index in [1.807, 2.05) is 0 Å². The summed E-state index contributed by atoms with van der Waals surface area (Å²) in [6.07, 6.45) is 1.52. The van der Waals surface area contributed by atoms with Crippen molar-refractivity contribution in [2.75, 3.05) is 7.11 Å². The molecular formula is C16H16N4O4S. The summed E-state index contributed by atoms with van der Waals surface area (Å²) in [7, 11) is 1.50. The van der Waals surface area contributed by atoms with Gasteiger partial charge >= 0.3 is 0 Å². The van der Waals surface area contributed by atoms with Gasteiger partial charge in [-0.1, -0.05) is 12.1 Å². The van der Waals surface area contributed by atoms with Crippen LogP contribution in [0.2, 0.25) is 0 Å². The first kappa shape index (κ1) is 18.1. The summed E-state index contributed by atoms with van der Waals surface area (Å²) in [5, 5.41) is 15.0. The number of ether oxygens (including phenoxy) is 2. The highest BCUT2D eigenvalue weighted by Gasteiger charge is 2.14. The molecule has 0 spiro atoms. The van der Waals surface area contributed by atoms with Gasteiger partial charge in [0.05, 0.1) is 23.8 Å². The van der Waals surface area contributed by atoms with Gasteiger partial charge in [-0.05, 0) is 42.0 Å². The van der Waals surface area contributed by atoms with E-state index in [2.05, 4.69) is 22.7 Å². The van der Waals surface area contributed by atoms with Crippen molar-refractivity contribution >= 4 is 29.2 Å². The van der Waals surface area contributed by atoms with Crippen molar-refractivity contribution in [1.82, 2.24) is 5.43 Å². The standard InChI is InChI=1S/C16H16N4O4S/c1-23-15-8-11(9-18-19-16(17)25)6-7-14(15)24-10-12-4-2-3-5-13(12)20(21)22/h2-9H,10H2,1H3,(H3,17,19,25). The Morgan fingerprint density at radius 1 is 1.36 bits per heavy atom. The smallest absolute Gasteiger partial charge is 0.276 e. The molecule has 0 amide bonds. The summed E-state index contributed by atoms with van der Waals surface area (Å²) in [6, 6.07) is 11.6. The van der Waals surface area contributed by atoms with Crippen LogP contribution in [0.5, 0.6) is 11.5 Å². The maximum absolute atomic E-state index is 11.0. The molecule has 0 atom stereocenters. The van der Waals surface area contributed by atoms with Gasteiger partial charge in [0, 0.05) is 6.07 Å². The number of rotatable bonds is 7. The topological polar surface area (TPSA) is 112 Å². The SMILES string of the molecule is COc1cc(C=NNC(N)=S)ccc1OCc1ccccc1[N+](=O)[O-]. The van der Waals surface area contributed by atoms with E-state index in [-0.39, 0.29) is 17.4 Å². The first-order chi connectivity index (χ1) is 12.0. The third kappa shape index (κ3) is 5.15. The quantitative estimate of drug-likeness (QED) is 0.337. The molecule has 0 fully saturated rings. The normalized spacial score (nSPS) is 10.4. The molecular weight excluding hydrogens is 344 g/mol. The fourth-order valence-corrected chi connectivity index (χ4v) is 2.07. The molecule has 0 aliphatic carbocycles. The van der Waals surface area contributed by atoms with E-state index in [4.69, 9.17) is 15.2 Å². The summed E-state index contributed by atoms with van der Waals surface area (Å²) >= 11 is 4.65. The van der Waals surface area contributed by atoms with E-state index in [0.29, 0.717) is 17.1 Å². The minimum Gasteiger partial charge on any atom is -0.493 e. The fraction of sp³-hybridized carbons (Fsp3) is 0.125. The van der Waals surface area contributed by atoms with Crippen molar-refractivity contribution < 1.29 is 14.4 Å². The molecule has 0 saturated heterocycles. The lowest BCUT2D eigenvalue weighted by molar-refractivity contribution is -0.385. The Balaban J connectivity index is 2.13. The number of hydrogen-bond acceptors (Lipinski definition) is 6. The molecule has 0 aromatic heterocycles. The van der Waals surface area contributed by atoms with Gasteiger partial charge in [-0.15, -0.1) is 0 Å². The number of benzene rings is 2. The number of thiocarbonyl (C=S) groups is 1. The molecule has 9 heteroatoms. The van der Waals surface area contributed by atoms with E-state index in [1.54, 1.807) is 36.4 Å². The lowest BCUT2D eigenvalue weighted by atomic mass is 10.2. The highest BCUT2D eigenvalue weighted by Crippen LogP contribution is 2.29. The van der Waals surface area contributed by atoms with Crippen LogP contribution in [-0.4, -0.2) is 23.4 Å². The van der Waals surface area contributed by atoms with Crippen LogP contribution < -0.4 is 20.6 Å². The minimum atomic E-state index is -0.440. The Kier molecular flexibility index (Phi) is 6.24. The summed E-state index contributed by atoms with van der Waals surface area (Å²) in [6.45, 7) is 0.0456. The molecule has 3 N–H and O–H groups in total. The van der Waals surface area contributed by atoms with Gasteiger partial charge in [0.15, 0.2) is 16.6 Å². The fourth-order valence-electron chi connectivity index (χ4n) is 2.02. The van der Waals surface area contributed by atoms with Crippen LogP contribution in [0.4, 0.5) is 5.69 Å². The summed E-state index contributed by atoms with van der Waals surface area (Å²) in [5.74, 6) is 0.929. The van der Waals surface area contributed by atoms with Gasteiger partial charge in [-0.25, -0.2) is 0 Å². The molecule has 0 aliphatic rings. The van der Waals surface area contributed by atoms with Crippen LogP contribution in [0.3, 0.4) is 0 Å². The van der Waals surface area contributed by atoms with Crippen molar-refractivity contribution in [2.45, 2.75) is 6.61 Å². The first-order valence-electron chi connectivity index (χ1n) is 7.13. The Labute approximate surface area is 149 Å². The van der Waals surface area contributed by atoms with E-state index in [1.165, 1.54) is 19.4 Å². The Morgan fingerprint density at radius 2 is 2.12 bits per heavy atom. The highest BCUT2D eigenvalue weighted by atomic mass is 32.1. The van der Waals surface area contributed by atoms with Crippen LogP contribution >= 0.6 is 12.2 Å². The van der Waals surface area contributed by atoms with Crippen LogP contribution in [0.25, 0.3) is 0 Å². The number of hydrazone groups is 1.